The number of nitrogens with one attached hydrogen (secondary N) is 2. The summed E-state index contributed by atoms with van der Waals surface area (Å²) >= 11 is 0. The van der Waals surface area contributed by atoms with Crippen LogP contribution in [-0.2, 0) is 16.0 Å². The summed E-state index contributed by atoms with van der Waals surface area (Å²) in [5, 5.41) is 10.2. The highest BCUT2D eigenvalue weighted by Gasteiger charge is 2.06. The number of nitrogens with zero attached hydrogens (tertiary/aromatic N) is 1. The van der Waals surface area contributed by atoms with Crippen LogP contribution in [0.15, 0.2) is 12.3 Å². The molecule has 0 unspecified atom stereocenters. The lowest BCUT2D eigenvalue weighted by atomic mass is 10.3. The van der Waals surface area contributed by atoms with Crippen molar-refractivity contribution < 1.29 is 9.47 Å². The Morgan fingerprint density at radius 1 is 1.35 bits per heavy atom. The van der Waals surface area contributed by atoms with Crippen LogP contribution in [0.3, 0.4) is 0 Å². The second-order valence-corrected chi connectivity index (χ2v) is 3.74. The molecule has 5 heteroatoms. The average Bonchev–Trinajstić information content (AvgIpc) is 2.82. The topological polar surface area (TPSA) is 59.2 Å². The number of aromatic nitrogens is 2. The minimum Gasteiger partial charge on any atom is -0.353 e. The van der Waals surface area contributed by atoms with E-state index in [1.165, 1.54) is 0 Å². The van der Waals surface area contributed by atoms with Crippen molar-refractivity contribution in [1.29, 1.82) is 0 Å². The van der Waals surface area contributed by atoms with Crippen LogP contribution in [0.1, 0.15) is 32.4 Å². The Bertz CT molecular complexity index is 259. The van der Waals surface area contributed by atoms with Crippen LogP contribution in [0.25, 0.3) is 0 Å². The molecule has 17 heavy (non-hydrogen) atoms. The third-order valence-corrected chi connectivity index (χ3v) is 2.37. The quantitative estimate of drug-likeness (QED) is 0.483. The summed E-state index contributed by atoms with van der Waals surface area (Å²) in [5.41, 5.74) is 1.11. The minimum absolute atomic E-state index is 0.0565. The van der Waals surface area contributed by atoms with E-state index >= 15 is 0 Å². The molecule has 1 aromatic rings. The van der Waals surface area contributed by atoms with Crippen molar-refractivity contribution in [3.05, 3.63) is 18.0 Å². The normalized spacial score (nSPS) is 11.2. The lowest BCUT2D eigenvalue weighted by molar-refractivity contribution is -0.139. The summed E-state index contributed by atoms with van der Waals surface area (Å²) in [7, 11) is 0. The maximum atomic E-state index is 5.47. The van der Waals surface area contributed by atoms with Crippen LogP contribution in [0, 0.1) is 0 Å². The van der Waals surface area contributed by atoms with E-state index in [0.29, 0.717) is 13.2 Å². The van der Waals surface area contributed by atoms with Crippen LogP contribution in [0.5, 0.6) is 0 Å². The zero-order valence-electron chi connectivity index (χ0n) is 10.7. The molecule has 1 aromatic heterocycles. The van der Waals surface area contributed by atoms with Crippen LogP contribution in [0.4, 0.5) is 0 Å². The molecule has 5 nitrogen and oxygen atoms in total. The van der Waals surface area contributed by atoms with Gasteiger partial charge in [-0.3, -0.25) is 5.10 Å². The smallest absolute Gasteiger partial charge is 0.157 e. The van der Waals surface area contributed by atoms with E-state index in [0.717, 1.165) is 31.6 Å². The molecule has 0 fully saturated rings. The predicted molar refractivity (Wildman–Crippen MR) is 66.6 cm³/mol. The van der Waals surface area contributed by atoms with E-state index in [1.807, 2.05) is 19.9 Å². The van der Waals surface area contributed by atoms with Gasteiger partial charge in [0.15, 0.2) is 6.29 Å². The van der Waals surface area contributed by atoms with Crippen LogP contribution in [-0.4, -0.2) is 36.2 Å². The number of hydrogen-bond acceptors (Lipinski definition) is 4. The Labute approximate surface area is 103 Å². The highest BCUT2D eigenvalue weighted by Crippen LogP contribution is 2.03. The van der Waals surface area contributed by atoms with Crippen molar-refractivity contribution in [3.8, 4) is 0 Å². The number of aromatic amines is 1. The summed E-state index contributed by atoms with van der Waals surface area (Å²) < 4.78 is 10.9. The van der Waals surface area contributed by atoms with Crippen molar-refractivity contribution in [2.45, 2.75) is 39.5 Å². The van der Waals surface area contributed by atoms with Gasteiger partial charge in [0.25, 0.3) is 0 Å². The van der Waals surface area contributed by atoms with Crippen LogP contribution < -0.4 is 5.32 Å². The first-order valence-electron chi connectivity index (χ1n) is 6.29. The number of H-pyrrole nitrogens is 1. The second kappa shape index (κ2) is 9.15. The highest BCUT2D eigenvalue weighted by molar-refractivity contribution is 4.96. The highest BCUT2D eigenvalue weighted by atomic mass is 16.7. The van der Waals surface area contributed by atoms with Crippen molar-refractivity contribution >= 4 is 0 Å². The van der Waals surface area contributed by atoms with Crippen molar-refractivity contribution in [1.82, 2.24) is 15.5 Å². The van der Waals surface area contributed by atoms with E-state index in [-0.39, 0.29) is 6.29 Å². The Hall–Kier alpha value is -0.910. The Morgan fingerprint density at radius 2 is 2.12 bits per heavy atom. The van der Waals surface area contributed by atoms with Gasteiger partial charge in [0.1, 0.15) is 0 Å². The summed E-state index contributed by atoms with van der Waals surface area (Å²) in [6, 6.07) is 1.97. The Kier molecular flexibility index (Phi) is 7.62. The van der Waals surface area contributed by atoms with Crippen LogP contribution >= 0.6 is 0 Å². The molecule has 0 atom stereocenters. The van der Waals surface area contributed by atoms with Gasteiger partial charge < -0.3 is 14.8 Å². The fourth-order valence-corrected chi connectivity index (χ4v) is 1.59. The van der Waals surface area contributed by atoms with E-state index in [4.69, 9.17) is 9.47 Å². The van der Waals surface area contributed by atoms with E-state index in [2.05, 4.69) is 15.5 Å². The van der Waals surface area contributed by atoms with Crippen molar-refractivity contribution in [3.63, 3.8) is 0 Å². The molecule has 0 amide bonds. The van der Waals surface area contributed by atoms with E-state index in [9.17, 15) is 0 Å². The summed E-state index contributed by atoms with van der Waals surface area (Å²) in [4.78, 5) is 0. The molecule has 0 radical (unpaired) electrons. The molecule has 1 rings (SSSR count). The van der Waals surface area contributed by atoms with Gasteiger partial charge >= 0.3 is 0 Å². The third-order valence-electron chi connectivity index (χ3n) is 2.37. The minimum atomic E-state index is -0.0565. The molecule has 0 aliphatic heterocycles. The largest absolute Gasteiger partial charge is 0.353 e. The second-order valence-electron chi connectivity index (χ2n) is 3.74. The molecule has 2 N–H and O–H groups in total. The number of hydrogen-bond donors (Lipinski definition) is 2. The third kappa shape index (κ3) is 6.41. The van der Waals surface area contributed by atoms with E-state index < -0.39 is 0 Å². The fraction of sp³-hybridized carbons (Fsp3) is 0.750. The lowest BCUT2D eigenvalue weighted by Crippen LogP contribution is -2.21. The van der Waals surface area contributed by atoms with Gasteiger partial charge in [0.2, 0.25) is 0 Å². The maximum absolute atomic E-state index is 5.47. The monoisotopic (exact) mass is 241 g/mol. The van der Waals surface area contributed by atoms with Crippen molar-refractivity contribution in [2.24, 2.45) is 0 Å². The zero-order chi connectivity index (χ0) is 12.3. The van der Waals surface area contributed by atoms with E-state index in [1.54, 1.807) is 6.20 Å². The van der Waals surface area contributed by atoms with Gasteiger partial charge in [-0.2, -0.15) is 5.10 Å². The maximum Gasteiger partial charge on any atom is 0.157 e. The molecule has 1 heterocycles. The summed E-state index contributed by atoms with van der Waals surface area (Å²) in [6.45, 7) is 7.16. The van der Waals surface area contributed by atoms with Gasteiger partial charge in [-0.15, -0.1) is 0 Å². The first kappa shape index (κ1) is 14.2. The molecule has 0 aliphatic carbocycles. The Morgan fingerprint density at radius 3 is 2.71 bits per heavy atom. The number of rotatable bonds is 10. The molecule has 0 bridgehead atoms. The predicted octanol–water partition coefficient (Wildman–Crippen LogP) is 1.68. The molecule has 0 saturated carbocycles. The van der Waals surface area contributed by atoms with Gasteiger partial charge in [-0.05, 0) is 39.3 Å². The first-order valence-corrected chi connectivity index (χ1v) is 6.29. The van der Waals surface area contributed by atoms with Gasteiger partial charge in [-0.1, -0.05) is 0 Å². The van der Waals surface area contributed by atoms with Gasteiger partial charge in [-0.25, -0.2) is 0 Å². The van der Waals surface area contributed by atoms with Gasteiger partial charge in [0.05, 0.1) is 0 Å². The number of ether oxygens (including phenoxy) is 2. The molecule has 0 spiro atoms. The fourth-order valence-electron chi connectivity index (χ4n) is 1.59. The molecule has 0 aromatic carbocycles. The summed E-state index contributed by atoms with van der Waals surface area (Å²) in [6.07, 6.45) is 3.67. The first-order chi connectivity index (χ1) is 8.36. The molecular formula is C12H23N3O2. The molecule has 0 aliphatic rings. The molecule has 98 valence electrons. The molecular weight excluding hydrogens is 218 g/mol. The molecule has 0 saturated heterocycles. The van der Waals surface area contributed by atoms with Crippen molar-refractivity contribution in [2.75, 3.05) is 19.8 Å². The average molecular weight is 241 g/mol. The van der Waals surface area contributed by atoms with Crippen LogP contribution in [0.2, 0.25) is 0 Å². The lowest BCUT2D eigenvalue weighted by Gasteiger charge is -2.16. The summed E-state index contributed by atoms with van der Waals surface area (Å²) in [5.74, 6) is 0. The van der Waals surface area contributed by atoms with Gasteiger partial charge in [0, 0.05) is 31.6 Å². The standard InChI is InChI=1S/C12H23N3O2/c1-3-16-12(17-4-2)6-5-8-13-10-11-7-9-14-15-11/h7,9,12-13H,3-6,8,10H2,1-2H3,(H,14,15). The zero-order valence-corrected chi connectivity index (χ0v) is 10.7. The Balaban J connectivity index is 2.01. The SMILES string of the molecule is CCOC(CCCNCc1ccn[nH]1)OCC.